The van der Waals surface area contributed by atoms with Crippen LogP contribution in [0, 0.1) is 33.1 Å². The minimum absolute atomic E-state index is 0.455. The van der Waals surface area contributed by atoms with Crippen LogP contribution in [0.1, 0.15) is 16.7 Å². The van der Waals surface area contributed by atoms with E-state index in [0.29, 0.717) is 15.0 Å². The Balaban J connectivity index is 3.00. The number of benzene rings is 1. The first-order valence-corrected chi connectivity index (χ1v) is 6.36. The molecule has 0 bridgehead atoms. The fourth-order valence-electron chi connectivity index (χ4n) is 1.51. The van der Waals surface area contributed by atoms with Gasteiger partial charge in [-0.1, -0.05) is 0 Å². The number of hydrogen-bond acceptors (Lipinski definition) is 0. The van der Waals surface area contributed by atoms with Gasteiger partial charge in [-0.3, -0.25) is 0 Å². The molecule has 0 aliphatic carbocycles. The molecular formula is C12H14Se. The van der Waals surface area contributed by atoms with Gasteiger partial charge < -0.3 is 0 Å². The number of terminal acetylenes is 1. The van der Waals surface area contributed by atoms with Crippen LogP contribution in [0.25, 0.3) is 0 Å². The van der Waals surface area contributed by atoms with Crippen LogP contribution in [0.4, 0.5) is 0 Å². The van der Waals surface area contributed by atoms with E-state index in [0.717, 1.165) is 5.32 Å². The Morgan fingerprint density at radius 2 is 1.77 bits per heavy atom. The fourth-order valence-corrected chi connectivity index (χ4v) is 3.19. The van der Waals surface area contributed by atoms with Gasteiger partial charge in [-0.25, -0.2) is 0 Å². The molecule has 13 heavy (non-hydrogen) atoms. The molecule has 0 fully saturated rings. The fraction of sp³-hybridized carbons (Fsp3) is 0.333. The molecule has 0 unspecified atom stereocenters. The van der Waals surface area contributed by atoms with Crippen LogP contribution in [0.2, 0.25) is 5.32 Å². The molecule has 68 valence electrons. The summed E-state index contributed by atoms with van der Waals surface area (Å²) in [5, 5.41) is 0.901. The van der Waals surface area contributed by atoms with Crippen LogP contribution in [-0.4, -0.2) is 15.0 Å². The second kappa shape index (κ2) is 4.51. The van der Waals surface area contributed by atoms with Crippen molar-refractivity contribution in [3.05, 3.63) is 28.8 Å². The van der Waals surface area contributed by atoms with Gasteiger partial charge in [0.05, 0.1) is 0 Å². The summed E-state index contributed by atoms with van der Waals surface area (Å²) in [6.45, 7) is 6.49. The average molecular weight is 237 g/mol. The normalized spacial score (nSPS) is 9.69. The van der Waals surface area contributed by atoms with Crippen molar-refractivity contribution < 1.29 is 0 Å². The summed E-state index contributed by atoms with van der Waals surface area (Å²) < 4.78 is 1.48. The summed E-state index contributed by atoms with van der Waals surface area (Å²) in [6, 6.07) is 4.47. The molecule has 1 aromatic carbocycles. The monoisotopic (exact) mass is 238 g/mol. The third-order valence-electron chi connectivity index (χ3n) is 1.90. The second-order valence-corrected chi connectivity index (χ2v) is 5.29. The standard InChI is InChI=1S/C12H14Se/c1-5-6-13-12-10(3)7-9(2)8-11(12)4/h1,7-8H,6H2,2-4H3. The maximum atomic E-state index is 5.27. The van der Waals surface area contributed by atoms with Crippen molar-refractivity contribution in [2.45, 2.75) is 26.1 Å². The van der Waals surface area contributed by atoms with Crippen LogP contribution in [0.3, 0.4) is 0 Å². The van der Waals surface area contributed by atoms with Gasteiger partial charge in [0, 0.05) is 0 Å². The van der Waals surface area contributed by atoms with Crippen LogP contribution >= 0.6 is 0 Å². The van der Waals surface area contributed by atoms with Crippen molar-refractivity contribution >= 4 is 19.4 Å². The maximum absolute atomic E-state index is 5.27. The van der Waals surface area contributed by atoms with E-state index in [-0.39, 0.29) is 0 Å². The number of aryl methyl sites for hydroxylation is 3. The van der Waals surface area contributed by atoms with Crippen molar-refractivity contribution in [2.75, 3.05) is 0 Å². The zero-order valence-corrected chi connectivity index (χ0v) is 10.1. The van der Waals surface area contributed by atoms with E-state index >= 15 is 0 Å². The van der Waals surface area contributed by atoms with Gasteiger partial charge in [0.15, 0.2) is 0 Å². The van der Waals surface area contributed by atoms with Crippen molar-refractivity contribution in [3.8, 4) is 12.3 Å². The van der Waals surface area contributed by atoms with Gasteiger partial charge in [0.1, 0.15) is 0 Å². The summed E-state index contributed by atoms with van der Waals surface area (Å²) in [5.74, 6) is 2.71. The number of rotatable bonds is 2. The van der Waals surface area contributed by atoms with Gasteiger partial charge in [0.2, 0.25) is 0 Å². The van der Waals surface area contributed by atoms with Crippen molar-refractivity contribution in [3.63, 3.8) is 0 Å². The summed E-state index contributed by atoms with van der Waals surface area (Å²) in [6.07, 6.45) is 5.27. The third kappa shape index (κ3) is 2.62. The predicted octanol–water partition coefficient (Wildman–Crippen LogP) is 1.99. The molecule has 0 aliphatic rings. The summed E-state index contributed by atoms with van der Waals surface area (Å²) >= 11 is 0.455. The topological polar surface area (TPSA) is 0 Å². The molecule has 0 amide bonds. The predicted molar refractivity (Wildman–Crippen MR) is 59.7 cm³/mol. The molecule has 0 saturated heterocycles. The van der Waals surface area contributed by atoms with Gasteiger partial charge in [-0.05, 0) is 0 Å². The van der Waals surface area contributed by atoms with Gasteiger partial charge in [0.25, 0.3) is 0 Å². The molecule has 1 aromatic rings. The molecule has 1 heteroatoms. The Morgan fingerprint density at radius 1 is 1.23 bits per heavy atom. The molecule has 0 nitrogen and oxygen atoms in total. The molecular weight excluding hydrogens is 223 g/mol. The van der Waals surface area contributed by atoms with Crippen LogP contribution in [0.15, 0.2) is 12.1 Å². The third-order valence-corrected chi connectivity index (χ3v) is 4.51. The average Bonchev–Trinajstić information content (AvgIpc) is 2.02. The summed E-state index contributed by atoms with van der Waals surface area (Å²) in [5.41, 5.74) is 4.13. The van der Waals surface area contributed by atoms with Gasteiger partial charge >= 0.3 is 86.7 Å². The quantitative estimate of drug-likeness (QED) is 0.545. The molecule has 0 atom stereocenters. The van der Waals surface area contributed by atoms with E-state index in [4.69, 9.17) is 6.42 Å². The van der Waals surface area contributed by atoms with Gasteiger partial charge in [-0.2, -0.15) is 0 Å². The zero-order chi connectivity index (χ0) is 9.84. The molecule has 0 radical (unpaired) electrons. The van der Waals surface area contributed by atoms with Crippen LogP contribution in [0.5, 0.6) is 0 Å². The zero-order valence-electron chi connectivity index (χ0n) is 8.35. The first-order chi connectivity index (χ1) is 6.15. The summed E-state index contributed by atoms with van der Waals surface area (Å²) in [4.78, 5) is 0. The molecule has 0 N–H and O–H groups in total. The Kier molecular flexibility index (Phi) is 3.60. The van der Waals surface area contributed by atoms with E-state index < -0.39 is 0 Å². The van der Waals surface area contributed by atoms with E-state index in [2.05, 4.69) is 38.8 Å². The van der Waals surface area contributed by atoms with E-state index in [1.807, 2.05) is 0 Å². The Morgan fingerprint density at radius 3 is 2.23 bits per heavy atom. The van der Waals surface area contributed by atoms with Crippen molar-refractivity contribution in [2.24, 2.45) is 0 Å². The SMILES string of the molecule is C#CC[Se]c1c(C)cc(C)cc1C. The first kappa shape index (κ1) is 10.4. The van der Waals surface area contributed by atoms with Crippen molar-refractivity contribution in [1.29, 1.82) is 0 Å². The van der Waals surface area contributed by atoms with Crippen molar-refractivity contribution in [1.82, 2.24) is 0 Å². The molecule has 0 spiro atoms. The molecule has 0 aromatic heterocycles. The number of hydrogen-bond donors (Lipinski definition) is 0. The summed E-state index contributed by atoms with van der Waals surface area (Å²) in [7, 11) is 0. The second-order valence-electron chi connectivity index (χ2n) is 3.22. The van der Waals surface area contributed by atoms with E-state index in [1.165, 1.54) is 21.2 Å². The van der Waals surface area contributed by atoms with E-state index in [9.17, 15) is 0 Å². The Hall–Kier alpha value is -0.701. The first-order valence-electron chi connectivity index (χ1n) is 4.29. The molecule has 0 saturated carbocycles. The Bertz CT molecular complexity index is 322. The Labute approximate surface area is 86.9 Å². The molecule has 0 aliphatic heterocycles. The van der Waals surface area contributed by atoms with Crippen LogP contribution < -0.4 is 4.46 Å². The molecule has 0 heterocycles. The minimum atomic E-state index is 0.455. The van der Waals surface area contributed by atoms with Crippen LogP contribution in [-0.2, 0) is 0 Å². The van der Waals surface area contributed by atoms with Gasteiger partial charge in [-0.15, -0.1) is 0 Å². The molecule has 1 rings (SSSR count). The van der Waals surface area contributed by atoms with E-state index in [1.54, 1.807) is 0 Å².